The molecule has 2 aromatic carbocycles. The molecule has 2 aromatic rings. The van der Waals surface area contributed by atoms with E-state index in [4.69, 9.17) is 5.73 Å². The van der Waals surface area contributed by atoms with Crippen LogP contribution in [0.2, 0.25) is 0 Å². The summed E-state index contributed by atoms with van der Waals surface area (Å²) in [5, 5.41) is 0. The van der Waals surface area contributed by atoms with Gasteiger partial charge in [0.15, 0.2) is 17.5 Å². The molecule has 0 fully saturated rings. The first-order valence-electron chi connectivity index (χ1n) is 5.25. The van der Waals surface area contributed by atoms with E-state index in [1.54, 1.807) is 0 Å². The zero-order valence-corrected chi connectivity index (χ0v) is 9.67. The predicted molar refractivity (Wildman–Crippen MR) is 65.1 cm³/mol. The van der Waals surface area contributed by atoms with E-state index in [0.717, 1.165) is 17.7 Å². The molecule has 0 atom stereocenters. The van der Waals surface area contributed by atoms with Gasteiger partial charge in [-0.15, -0.1) is 0 Å². The second kappa shape index (κ2) is 6.81. The van der Waals surface area contributed by atoms with Crippen molar-refractivity contribution in [2.24, 2.45) is 5.73 Å². The lowest BCUT2D eigenvalue weighted by Crippen LogP contribution is -2.00. The molecular weight excluding hydrogens is 239 g/mol. The molecule has 2 rings (SSSR count). The van der Waals surface area contributed by atoms with Crippen molar-refractivity contribution in [2.45, 2.75) is 6.54 Å². The summed E-state index contributed by atoms with van der Waals surface area (Å²) in [7, 11) is 0. The highest BCUT2D eigenvalue weighted by Crippen LogP contribution is 2.12. The van der Waals surface area contributed by atoms with Gasteiger partial charge in [-0.3, -0.25) is 0 Å². The highest BCUT2D eigenvalue weighted by molar-refractivity contribution is 5.19. The molecule has 0 heterocycles. The molecule has 1 radical (unpaired) electrons. The smallest absolute Gasteiger partial charge is 0.194 e. The van der Waals surface area contributed by atoms with Crippen molar-refractivity contribution >= 4 is 0 Å². The summed E-state index contributed by atoms with van der Waals surface area (Å²) in [6.45, 7) is 3.71. The van der Waals surface area contributed by atoms with Crippen molar-refractivity contribution in [1.82, 2.24) is 0 Å². The Bertz CT molecular complexity index is 475. The summed E-state index contributed by atoms with van der Waals surface area (Å²) in [6.07, 6.45) is 0. The van der Waals surface area contributed by atoms with Gasteiger partial charge in [-0.25, -0.2) is 13.2 Å². The largest absolute Gasteiger partial charge is 0.326 e. The van der Waals surface area contributed by atoms with Crippen LogP contribution >= 0.6 is 0 Å². The molecule has 0 aliphatic rings. The Hall–Kier alpha value is -1.81. The van der Waals surface area contributed by atoms with Crippen LogP contribution in [0.4, 0.5) is 13.2 Å². The van der Waals surface area contributed by atoms with E-state index in [1.165, 1.54) is 0 Å². The van der Waals surface area contributed by atoms with Crippen LogP contribution < -0.4 is 5.73 Å². The molecule has 0 aromatic heterocycles. The third kappa shape index (κ3) is 4.22. The van der Waals surface area contributed by atoms with E-state index in [-0.39, 0.29) is 12.1 Å². The first-order valence-corrected chi connectivity index (χ1v) is 5.25. The summed E-state index contributed by atoms with van der Waals surface area (Å²) in [5.74, 6) is -3.86. The van der Waals surface area contributed by atoms with Crippen LogP contribution in [0, 0.1) is 24.4 Å². The van der Waals surface area contributed by atoms with Gasteiger partial charge < -0.3 is 5.73 Å². The van der Waals surface area contributed by atoms with Crippen LogP contribution in [0.25, 0.3) is 0 Å². The van der Waals surface area contributed by atoms with E-state index in [0.29, 0.717) is 0 Å². The van der Waals surface area contributed by atoms with Gasteiger partial charge >= 0.3 is 0 Å². The highest BCUT2D eigenvalue weighted by Gasteiger charge is 2.08. The number of rotatable bonds is 1. The van der Waals surface area contributed by atoms with E-state index in [2.05, 4.69) is 6.92 Å². The van der Waals surface area contributed by atoms with Gasteiger partial charge in [-0.2, -0.15) is 0 Å². The van der Waals surface area contributed by atoms with Gasteiger partial charge in [0.25, 0.3) is 0 Å². The van der Waals surface area contributed by atoms with Crippen LogP contribution in [0.5, 0.6) is 0 Å². The standard InChI is InChI=1S/C7H6F3N.C7H7/c8-5-1-4(3-11)2-6(9)7(5)10;1-7-5-3-2-4-6-7/h1-2H,3,11H2;2-6H,1H2. The predicted octanol–water partition coefficient (Wildman–Crippen LogP) is 3.43. The summed E-state index contributed by atoms with van der Waals surface area (Å²) >= 11 is 0. The first kappa shape index (κ1) is 14.3. The average Bonchev–Trinajstić information content (AvgIpc) is 2.37. The van der Waals surface area contributed by atoms with E-state index >= 15 is 0 Å². The zero-order valence-electron chi connectivity index (χ0n) is 9.67. The maximum Gasteiger partial charge on any atom is 0.194 e. The fourth-order valence-electron chi connectivity index (χ4n) is 1.20. The molecule has 2 N–H and O–H groups in total. The number of halogens is 3. The molecule has 0 unspecified atom stereocenters. The second-order valence-electron chi connectivity index (χ2n) is 3.56. The van der Waals surface area contributed by atoms with Crippen LogP contribution in [0.1, 0.15) is 11.1 Å². The maximum atomic E-state index is 12.4. The Morgan fingerprint density at radius 2 is 1.44 bits per heavy atom. The molecule has 0 aliphatic carbocycles. The topological polar surface area (TPSA) is 26.0 Å². The Morgan fingerprint density at radius 3 is 1.78 bits per heavy atom. The van der Waals surface area contributed by atoms with Crippen LogP contribution in [-0.2, 0) is 6.54 Å². The Kier molecular flexibility index (Phi) is 5.39. The van der Waals surface area contributed by atoms with E-state index < -0.39 is 17.5 Å². The maximum absolute atomic E-state index is 12.4. The number of hydrogen-bond acceptors (Lipinski definition) is 1. The Balaban J connectivity index is 0.000000199. The second-order valence-corrected chi connectivity index (χ2v) is 3.56. The van der Waals surface area contributed by atoms with E-state index in [1.807, 2.05) is 30.3 Å². The Morgan fingerprint density at radius 1 is 0.944 bits per heavy atom. The minimum Gasteiger partial charge on any atom is -0.326 e. The van der Waals surface area contributed by atoms with Gasteiger partial charge in [0.1, 0.15) is 0 Å². The summed E-state index contributed by atoms with van der Waals surface area (Å²) < 4.78 is 37.0. The fraction of sp³-hybridized carbons (Fsp3) is 0.0714. The van der Waals surface area contributed by atoms with Crippen molar-refractivity contribution in [2.75, 3.05) is 0 Å². The minimum absolute atomic E-state index is 0.00583. The van der Waals surface area contributed by atoms with Crippen molar-refractivity contribution in [3.05, 3.63) is 78.0 Å². The number of hydrogen-bond donors (Lipinski definition) is 1. The molecular formula is C14H13F3N. The molecule has 0 amide bonds. The van der Waals surface area contributed by atoms with Gasteiger partial charge in [-0.1, -0.05) is 30.3 Å². The molecule has 0 saturated carbocycles. The molecule has 4 heteroatoms. The third-order valence-electron chi connectivity index (χ3n) is 2.12. The monoisotopic (exact) mass is 252 g/mol. The van der Waals surface area contributed by atoms with Gasteiger partial charge in [0.2, 0.25) is 0 Å². The first-order chi connectivity index (χ1) is 8.54. The third-order valence-corrected chi connectivity index (χ3v) is 2.12. The molecule has 1 nitrogen and oxygen atoms in total. The summed E-state index contributed by atoms with van der Waals surface area (Å²) in [6, 6.07) is 11.6. The molecule has 0 bridgehead atoms. The Labute approximate surface area is 104 Å². The normalized spacial score (nSPS) is 9.61. The fourth-order valence-corrected chi connectivity index (χ4v) is 1.20. The lowest BCUT2D eigenvalue weighted by molar-refractivity contribution is 0.445. The molecule has 0 aliphatic heterocycles. The molecule has 18 heavy (non-hydrogen) atoms. The van der Waals surface area contributed by atoms with Crippen LogP contribution in [0.3, 0.4) is 0 Å². The SMILES string of the molecule is NCc1cc(F)c(F)c(F)c1.[CH2]c1ccccc1. The van der Waals surface area contributed by atoms with Crippen LogP contribution in [0.15, 0.2) is 42.5 Å². The lowest BCUT2D eigenvalue weighted by Gasteiger charge is -1.98. The van der Waals surface area contributed by atoms with Gasteiger partial charge in [0.05, 0.1) is 0 Å². The quantitative estimate of drug-likeness (QED) is 0.773. The minimum atomic E-state index is -1.46. The molecule has 0 saturated heterocycles. The van der Waals surface area contributed by atoms with Crippen molar-refractivity contribution in [3.8, 4) is 0 Å². The zero-order chi connectivity index (χ0) is 13.5. The van der Waals surface area contributed by atoms with E-state index in [9.17, 15) is 13.2 Å². The van der Waals surface area contributed by atoms with Gasteiger partial charge in [-0.05, 0) is 30.2 Å². The van der Waals surface area contributed by atoms with Crippen LogP contribution in [-0.4, -0.2) is 0 Å². The highest BCUT2D eigenvalue weighted by atomic mass is 19.2. The van der Waals surface area contributed by atoms with Gasteiger partial charge in [0, 0.05) is 6.54 Å². The number of nitrogens with two attached hydrogens (primary N) is 1. The van der Waals surface area contributed by atoms with Crippen molar-refractivity contribution in [3.63, 3.8) is 0 Å². The average molecular weight is 252 g/mol. The van der Waals surface area contributed by atoms with Crippen molar-refractivity contribution in [1.29, 1.82) is 0 Å². The summed E-state index contributed by atoms with van der Waals surface area (Å²) in [4.78, 5) is 0. The molecule has 95 valence electrons. The molecule has 0 spiro atoms. The number of benzene rings is 2. The van der Waals surface area contributed by atoms with Crippen molar-refractivity contribution < 1.29 is 13.2 Å². The lowest BCUT2D eigenvalue weighted by atomic mass is 10.2. The summed E-state index contributed by atoms with van der Waals surface area (Å²) in [5.41, 5.74) is 6.39.